The zero-order chi connectivity index (χ0) is 13.1. The van der Waals surface area contributed by atoms with Crippen molar-refractivity contribution in [3.8, 4) is 0 Å². The molecule has 0 heterocycles. The molecule has 0 aromatic carbocycles. The van der Waals surface area contributed by atoms with Crippen LogP contribution in [0.4, 0.5) is 0 Å². The van der Waals surface area contributed by atoms with Crippen molar-refractivity contribution < 1.29 is 19.4 Å². The van der Waals surface area contributed by atoms with Gasteiger partial charge in [0.1, 0.15) is 5.41 Å². The van der Waals surface area contributed by atoms with Crippen LogP contribution in [-0.2, 0) is 14.3 Å². The fourth-order valence-electron chi connectivity index (χ4n) is 2.31. The highest BCUT2D eigenvalue weighted by atomic mass is 16.5. The van der Waals surface area contributed by atoms with Gasteiger partial charge in [0.25, 0.3) is 0 Å². The standard InChI is InChI=1S/C12H21NO4/c1-4-13(9(2)8-17-3)10(14)12(11(15)16)6-5-7-12/h9H,4-8H2,1-3H3,(H,15,16). The molecule has 17 heavy (non-hydrogen) atoms. The van der Waals surface area contributed by atoms with Gasteiger partial charge in [-0.05, 0) is 26.7 Å². The number of carboxylic acid groups (broad SMARTS) is 1. The number of ether oxygens (including phenoxy) is 1. The summed E-state index contributed by atoms with van der Waals surface area (Å²) in [5.74, 6) is -1.25. The number of nitrogens with zero attached hydrogens (tertiary/aromatic N) is 1. The van der Waals surface area contributed by atoms with E-state index in [1.807, 2.05) is 13.8 Å². The molecule has 0 aromatic heterocycles. The van der Waals surface area contributed by atoms with Gasteiger partial charge < -0.3 is 14.7 Å². The van der Waals surface area contributed by atoms with Crippen LogP contribution >= 0.6 is 0 Å². The molecule has 1 aliphatic carbocycles. The molecule has 1 aliphatic rings. The van der Waals surface area contributed by atoms with Crippen LogP contribution in [0.3, 0.4) is 0 Å². The molecule has 5 nitrogen and oxygen atoms in total. The van der Waals surface area contributed by atoms with Gasteiger partial charge in [-0.15, -0.1) is 0 Å². The summed E-state index contributed by atoms with van der Waals surface area (Å²) < 4.78 is 5.02. The van der Waals surface area contributed by atoms with Gasteiger partial charge in [0, 0.05) is 13.7 Å². The number of aliphatic carboxylic acids is 1. The van der Waals surface area contributed by atoms with E-state index in [1.54, 1.807) is 12.0 Å². The summed E-state index contributed by atoms with van der Waals surface area (Å²) in [5, 5.41) is 9.23. The Balaban J connectivity index is 2.81. The molecule has 5 heteroatoms. The van der Waals surface area contributed by atoms with E-state index >= 15 is 0 Å². The number of amides is 1. The SMILES string of the molecule is CCN(C(=O)C1(C(=O)O)CCC1)C(C)COC. The maximum Gasteiger partial charge on any atom is 0.319 e. The predicted octanol–water partition coefficient (Wildman–Crippen LogP) is 1.12. The van der Waals surface area contributed by atoms with Crippen LogP contribution in [-0.4, -0.2) is 48.2 Å². The quantitative estimate of drug-likeness (QED) is 0.710. The van der Waals surface area contributed by atoms with E-state index in [0.29, 0.717) is 26.0 Å². The number of carboxylic acids is 1. The highest BCUT2D eigenvalue weighted by molar-refractivity contribution is 6.02. The molecular formula is C12H21NO4. The normalized spacial score (nSPS) is 19.2. The van der Waals surface area contributed by atoms with Crippen LogP contribution in [0, 0.1) is 5.41 Å². The van der Waals surface area contributed by atoms with Crippen molar-refractivity contribution in [3.63, 3.8) is 0 Å². The summed E-state index contributed by atoms with van der Waals surface area (Å²) in [4.78, 5) is 25.2. The summed E-state index contributed by atoms with van der Waals surface area (Å²) in [6.45, 7) is 4.67. The monoisotopic (exact) mass is 243 g/mol. The largest absolute Gasteiger partial charge is 0.480 e. The first-order chi connectivity index (χ1) is 7.99. The summed E-state index contributed by atoms with van der Waals surface area (Å²) in [6.07, 6.45) is 1.73. The van der Waals surface area contributed by atoms with Gasteiger partial charge in [-0.3, -0.25) is 9.59 Å². The van der Waals surface area contributed by atoms with E-state index in [9.17, 15) is 14.7 Å². The molecule has 0 spiro atoms. The van der Waals surface area contributed by atoms with Gasteiger partial charge in [-0.1, -0.05) is 6.42 Å². The topological polar surface area (TPSA) is 66.8 Å². The Morgan fingerprint density at radius 2 is 2.06 bits per heavy atom. The van der Waals surface area contributed by atoms with E-state index in [-0.39, 0.29) is 11.9 Å². The molecule has 1 amide bonds. The molecule has 1 atom stereocenters. The third-order valence-electron chi connectivity index (χ3n) is 3.57. The number of hydrogen-bond acceptors (Lipinski definition) is 3. The summed E-state index contributed by atoms with van der Waals surface area (Å²) in [5.41, 5.74) is -1.17. The van der Waals surface area contributed by atoms with Gasteiger partial charge in [-0.25, -0.2) is 0 Å². The van der Waals surface area contributed by atoms with Gasteiger partial charge in [0.2, 0.25) is 5.91 Å². The molecule has 1 N–H and O–H groups in total. The Hall–Kier alpha value is -1.10. The molecule has 1 unspecified atom stereocenters. The number of methoxy groups -OCH3 is 1. The number of rotatable bonds is 6. The second-order valence-corrected chi connectivity index (χ2v) is 4.64. The Morgan fingerprint density at radius 1 is 1.47 bits per heavy atom. The van der Waals surface area contributed by atoms with Crippen LogP contribution in [0.5, 0.6) is 0 Å². The summed E-state index contributed by atoms with van der Waals surface area (Å²) >= 11 is 0. The number of hydrogen-bond donors (Lipinski definition) is 1. The minimum Gasteiger partial charge on any atom is -0.480 e. The fourth-order valence-corrected chi connectivity index (χ4v) is 2.31. The Bertz CT molecular complexity index is 299. The molecule has 98 valence electrons. The van der Waals surface area contributed by atoms with Crippen molar-refractivity contribution in [2.75, 3.05) is 20.3 Å². The van der Waals surface area contributed by atoms with Gasteiger partial charge in [0.05, 0.1) is 12.6 Å². The van der Waals surface area contributed by atoms with E-state index < -0.39 is 11.4 Å². The molecule has 0 bridgehead atoms. The highest BCUT2D eigenvalue weighted by Crippen LogP contribution is 2.43. The van der Waals surface area contributed by atoms with Crippen molar-refractivity contribution in [2.24, 2.45) is 5.41 Å². The number of carbonyl (C=O) groups is 2. The Kier molecular flexibility index (Phi) is 4.51. The first kappa shape index (κ1) is 14.0. The predicted molar refractivity (Wildman–Crippen MR) is 62.6 cm³/mol. The maximum atomic E-state index is 12.3. The molecule has 0 aliphatic heterocycles. The lowest BCUT2D eigenvalue weighted by Crippen LogP contribution is -2.55. The van der Waals surface area contributed by atoms with Gasteiger partial charge in [0.15, 0.2) is 0 Å². The summed E-state index contributed by atoms with van der Waals surface area (Å²) in [6, 6.07) is -0.0886. The molecular weight excluding hydrogens is 222 g/mol. The van der Waals surface area contributed by atoms with Crippen molar-refractivity contribution >= 4 is 11.9 Å². The smallest absolute Gasteiger partial charge is 0.319 e. The zero-order valence-corrected chi connectivity index (χ0v) is 10.7. The van der Waals surface area contributed by atoms with Crippen LogP contribution in [0.2, 0.25) is 0 Å². The lowest BCUT2D eigenvalue weighted by atomic mass is 9.67. The van der Waals surface area contributed by atoms with Crippen LogP contribution in [0.1, 0.15) is 33.1 Å². The second-order valence-electron chi connectivity index (χ2n) is 4.64. The van der Waals surface area contributed by atoms with E-state index in [2.05, 4.69) is 0 Å². The van der Waals surface area contributed by atoms with Crippen LogP contribution in [0.15, 0.2) is 0 Å². The number of likely N-dealkylation sites (N-methyl/N-ethyl adjacent to an activating group) is 1. The average Bonchev–Trinajstić information content (AvgIpc) is 2.16. The molecule has 1 saturated carbocycles. The van der Waals surface area contributed by atoms with Crippen molar-refractivity contribution in [2.45, 2.75) is 39.2 Å². The van der Waals surface area contributed by atoms with Gasteiger partial charge in [-0.2, -0.15) is 0 Å². The first-order valence-corrected chi connectivity index (χ1v) is 6.03. The van der Waals surface area contributed by atoms with E-state index in [4.69, 9.17) is 4.74 Å². The maximum absolute atomic E-state index is 12.3. The van der Waals surface area contributed by atoms with E-state index in [0.717, 1.165) is 6.42 Å². The minimum absolute atomic E-state index is 0.0886. The molecule has 0 saturated heterocycles. The molecule has 1 fully saturated rings. The van der Waals surface area contributed by atoms with Crippen molar-refractivity contribution in [1.29, 1.82) is 0 Å². The highest BCUT2D eigenvalue weighted by Gasteiger charge is 2.53. The zero-order valence-electron chi connectivity index (χ0n) is 10.7. The van der Waals surface area contributed by atoms with Gasteiger partial charge >= 0.3 is 5.97 Å². The van der Waals surface area contributed by atoms with Crippen molar-refractivity contribution in [3.05, 3.63) is 0 Å². The molecule has 1 rings (SSSR count). The minimum atomic E-state index is -1.17. The molecule has 0 radical (unpaired) electrons. The van der Waals surface area contributed by atoms with E-state index in [1.165, 1.54) is 0 Å². The fraction of sp³-hybridized carbons (Fsp3) is 0.833. The molecule has 0 aromatic rings. The second kappa shape index (κ2) is 5.49. The lowest BCUT2D eigenvalue weighted by molar-refractivity contribution is -0.169. The third kappa shape index (κ3) is 2.44. The Morgan fingerprint density at radius 3 is 2.35 bits per heavy atom. The average molecular weight is 243 g/mol. The lowest BCUT2D eigenvalue weighted by Gasteiger charge is -2.41. The van der Waals surface area contributed by atoms with Crippen LogP contribution < -0.4 is 0 Å². The third-order valence-corrected chi connectivity index (χ3v) is 3.57. The number of carbonyl (C=O) groups excluding carboxylic acids is 1. The Labute approximate surface area is 102 Å². The van der Waals surface area contributed by atoms with Crippen LogP contribution in [0.25, 0.3) is 0 Å². The summed E-state index contributed by atoms with van der Waals surface area (Å²) in [7, 11) is 1.57. The van der Waals surface area contributed by atoms with Crippen molar-refractivity contribution in [1.82, 2.24) is 4.90 Å². The first-order valence-electron chi connectivity index (χ1n) is 6.03.